The first-order valence-corrected chi connectivity index (χ1v) is 7.95. The van der Waals surface area contributed by atoms with Crippen LogP contribution in [0.5, 0.6) is 0 Å². The second-order valence-corrected chi connectivity index (χ2v) is 6.40. The second-order valence-electron chi connectivity index (χ2n) is 5.11. The molecule has 1 aliphatic rings. The molecule has 1 aromatic heterocycles. The Morgan fingerprint density at radius 2 is 1.86 bits per heavy atom. The van der Waals surface area contributed by atoms with E-state index in [9.17, 15) is 5.26 Å². The van der Waals surface area contributed by atoms with E-state index in [1.165, 1.54) is 25.7 Å². The van der Waals surface area contributed by atoms with E-state index in [2.05, 4.69) is 16.0 Å². The van der Waals surface area contributed by atoms with Crippen LogP contribution in [-0.4, -0.2) is 15.2 Å². The summed E-state index contributed by atoms with van der Waals surface area (Å²) < 4.78 is 0. The van der Waals surface area contributed by atoms with E-state index < -0.39 is 0 Å². The Morgan fingerprint density at radius 1 is 1.14 bits per heavy atom. The Balaban J connectivity index is 2.04. The first-order valence-electron chi connectivity index (χ1n) is 7.07. The van der Waals surface area contributed by atoms with Gasteiger partial charge in [-0.3, -0.25) is 0 Å². The molecule has 21 heavy (non-hydrogen) atoms. The lowest BCUT2D eigenvalue weighted by molar-refractivity contribution is 0.886. The van der Waals surface area contributed by atoms with Gasteiger partial charge >= 0.3 is 0 Å². The molecule has 1 fully saturated rings. The number of nitrogens with zero attached hydrogens (tertiary/aromatic N) is 3. The predicted molar refractivity (Wildman–Crippen MR) is 84.7 cm³/mol. The smallest absolute Gasteiger partial charge is 0.221 e. The van der Waals surface area contributed by atoms with Crippen LogP contribution in [0, 0.1) is 11.3 Å². The summed E-state index contributed by atoms with van der Waals surface area (Å²) in [6.07, 6.45) is 4.87. The van der Waals surface area contributed by atoms with Gasteiger partial charge in [0, 0.05) is 10.8 Å². The van der Waals surface area contributed by atoms with E-state index in [1.807, 2.05) is 30.3 Å². The van der Waals surface area contributed by atoms with Crippen LogP contribution in [0.1, 0.15) is 31.2 Å². The van der Waals surface area contributed by atoms with Crippen LogP contribution < -0.4 is 5.73 Å². The number of aromatic nitrogens is 2. The number of nitrogen functional groups attached to an aromatic ring is 1. The Morgan fingerprint density at radius 3 is 2.52 bits per heavy atom. The standard InChI is InChI=1S/C16H16N4S/c17-10-13-14(11-6-2-1-3-7-11)19-16(18)20-15(13)21-12-8-4-5-9-12/h1-3,6-7,12H,4-5,8-9H2,(H2,18,19,20). The molecule has 1 aromatic carbocycles. The van der Waals surface area contributed by atoms with Crippen molar-refractivity contribution in [1.29, 1.82) is 5.26 Å². The lowest BCUT2D eigenvalue weighted by Crippen LogP contribution is -2.04. The zero-order valence-corrected chi connectivity index (χ0v) is 12.4. The molecule has 1 aliphatic carbocycles. The fourth-order valence-electron chi connectivity index (χ4n) is 2.61. The summed E-state index contributed by atoms with van der Waals surface area (Å²) in [4.78, 5) is 8.58. The molecular formula is C16H16N4S. The number of nitriles is 1. The van der Waals surface area contributed by atoms with E-state index in [1.54, 1.807) is 11.8 Å². The zero-order valence-electron chi connectivity index (χ0n) is 11.6. The molecule has 2 N–H and O–H groups in total. The third-order valence-electron chi connectivity index (χ3n) is 3.63. The highest BCUT2D eigenvalue weighted by Gasteiger charge is 2.21. The van der Waals surface area contributed by atoms with Crippen LogP contribution in [0.3, 0.4) is 0 Å². The highest BCUT2D eigenvalue weighted by Crippen LogP contribution is 2.37. The van der Waals surface area contributed by atoms with Crippen LogP contribution in [0.25, 0.3) is 11.3 Å². The Bertz CT molecular complexity index is 673. The van der Waals surface area contributed by atoms with E-state index >= 15 is 0 Å². The number of rotatable bonds is 3. The Kier molecular flexibility index (Phi) is 4.07. The fraction of sp³-hybridized carbons (Fsp3) is 0.312. The quantitative estimate of drug-likeness (QED) is 0.875. The lowest BCUT2D eigenvalue weighted by atomic mass is 10.1. The van der Waals surface area contributed by atoms with Gasteiger partial charge in [-0.05, 0) is 12.8 Å². The van der Waals surface area contributed by atoms with Gasteiger partial charge in [0.15, 0.2) is 0 Å². The average molecular weight is 296 g/mol. The SMILES string of the molecule is N#Cc1c(SC2CCCC2)nc(N)nc1-c1ccccc1. The number of thioether (sulfide) groups is 1. The maximum atomic E-state index is 9.54. The summed E-state index contributed by atoms with van der Waals surface area (Å²) in [6.45, 7) is 0. The topological polar surface area (TPSA) is 75.6 Å². The molecule has 0 bridgehead atoms. The van der Waals surface area contributed by atoms with Crippen molar-refractivity contribution in [1.82, 2.24) is 9.97 Å². The summed E-state index contributed by atoms with van der Waals surface area (Å²) in [5, 5.41) is 10.8. The average Bonchev–Trinajstić information content (AvgIpc) is 3.00. The first kappa shape index (κ1) is 13.9. The molecule has 0 unspecified atom stereocenters. The van der Waals surface area contributed by atoms with Crippen LogP contribution in [0.2, 0.25) is 0 Å². The summed E-state index contributed by atoms with van der Waals surface area (Å²) in [5.74, 6) is 0.230. The normalized spacial score (nSPS) is 15.0. The molecule has 5 heteroatoms. The third kappa shape index (κ3) is 3.01. The number of anilines is 1. The van der Waals surface area contributed by atoms with Crippen molar-refractivity contribution in [3.05, 3.63) is 35.9 Å². The van der Waals surface area contributed by atoms with Gasteiger partial charge in [-0.25, -0.2) is 9.97 Å². The van der Waals surface area contributed by atoms with Gasteiger partial charge in [0.25, 0.3) is 0 Å². The molecule has 0 aliphatic heterocycles. The van der Waals surface area contributed by atoms with Crippen molar-refractivity contribution >= 4 is 17.7 Å². The van der Waals surface area contributed by atoms with E-state index in [-0.39, 0.29) is 5.95 Å². The van der Waals surface area contributed by atoms with Gasteiger partial charge < -0.3 is 5.73 Å². The van der Waals surface area contributed by atoms with Crippen LogP contribution in [-0.2, 0) is 0 Å². The maximum absolute atomic E-state index is 9.54. The van der Waals surface area contributed by atoms with E-state index in [4.69, 9.17) is 5.73 Å². The van der Waals surface area contributed by atoms with Crippen molar-refractivity contribution in [3.63, 3.8) is 0 Å². The van der Waals surface area contributed by atoms with Gasteiger partial charge in [-0.2, -0.15) is 5.26 Å². The summed E-state index contributed by atoms with van der Waals surface area (Å²) in [7, 11) is 0. The summed E-state index contributed by atoms with van der Waals surface area (Å²) in [5.41, 5.74) is 7.91. The molecule has 0 spiro atoms. The number of hydrogen-bond acceptors (Lipinski definition) is 5. The second kappa shape index (κ2) is 6.15. The molecule has 0 saturated heterocycles. The van der Waals surface area contributed by atoms with E-state index in [0.29, 0.717) is 16.5 Å². The predicted octanol–water partition coefficient (Wildman–Crippen LogP) is 3.63. The van der Waals surface area contributed by atoms with Crippen molar-refractivity contribution in [2.75, 3.05) is 5.73 Å². The van der Waals surface area contributed by atoms with Gasteiger partial charge in [-0.1, -0.05) is 43.2 Å². The molecule has 0 amide bonds. The van der Waals surface area contributed by atoms with Crippen molar-refractivity contribution < 1.29 is 0 Å². The molecule has 4 nitrogen and oxygen atoms in total. The molecule has 1 heterocycles. The third-order valence-corrected chi connectivity index (χ3v) is 4.96. The minimum Gasteiger partial charge on any atom is -0.368 e. The Labute approximate surface area is 128 Å². The summed E-state index contributed by atoms with van der Waals surface area (Å²) in [6, 6.07) is 11.9. The van der Waals surface area contributed by atoms with Crippen molar-refractivity contribution in [2.45, 2.75) is 36.0 Å². The maximum Gasteiger partial charge on any atom is 0.221 e. The Hall–Kier alpha value is -2.06. The highest BCUT2D eigenvalue weighted by molar-refractivity contribution is 7.99. The van der Waals surface area contributed by atoms with Crippen LogP contribution in [0.15, 0.2) is 35.4 Å². The largest absolute Gasteiger partial charge is 0.368 e. The van der Waals surface area contributed by atoms with Crippen molar-refractivity contribution in [3.8, 4) is 17.3 Å². The lowest BCUT2D eigenvalue weighted by Gasteiger charge is -2.12. The monoisotopic (exact) mass is 296 g/mol. The number of hydrogen-bond donors (Lipinski definition) is 1. The van der Waals surface area contributed by atoms with Gasteiger partial charge in [0.05, 0.1) is 5.69 Å². The summed E-state index contributed by atoms with van der Waals surface area (Å²) >= 11 is 1.67. The molecule has 1 saturated carbocycles. The minimum absolute atomic E-state index is 0.230. The molecule has 0 radical (unpaired) electrons. The van der Waals surface area contributed by atoms with Crippen molar-refractivity contribution in [2.24, 2.45) is 0 Å². The molecule has 3 rings (SSSR count). The molecule has 106 valence electrons. The molecule has 0 atom stereocenters. The van der Waals surface area contributed by atoms with Gasteiger partial charge in [0.2, 0.25) is 5.95 Å². The van der Waals surface area contributed by atoms with Crippen LogP contribution in [0.4, 0.5) is 5.95 Å². The van der Waals surface area contributed by atoms with E-state index in [0.717, 1.165) is 10.6 Å². The number of nitrogens with two attached hydrogens (primary N) is 1. The number of benzene rings is 1. The minimum atomic E-state index is 0.230. The zero-order chi connectivity index (χ0) is 14.7. The first-order chi connectivity index (χ1) is 10.3. The van der Waals surface area contributed by atoms with Crippen LogP contribution >= 0.6 is 11.8 Å². The highest BCUT2D eigenvalue weighted by atomic mass is 32.2. The molecule has 2 aromatic rings. The molecular weight excluding hydrogens is 280 g/mol. The fourth-order valence-corrected chi connectivity index (χ4v) is 3.90. The van der Waals surface area contributed by atoms with Gasteiger partial charge in [0.1, 0.15) is 16.7 Å². The van der Waals surface area contributed by atoms with Gasteiger partial charge in [-0.15, -0.1) is 11.8 Å².